The van der Waals surface area contributed by atoms with Crippen LogP contribution < -0.4 is 16.0 Å². The van der Waals surface area contributed by atoms with Gasteiger partial charge in [0.15, 0.2) is 5.96 Å². The molecule has 0 spiro atoms. The first-order valence-corrected chi connectivity index (χ1v) is 10.2. The van der Waals surface area contributed by atoms with E-state index in [2.05, 4.69) is 38.0 Å². The standard InChI is InChI=1S/C20H30ClN5O.HI/c1-22-20(25-17-8-9-19(27)23-12-17)24-13-18-7-2-3-10-26(18)14-15-5-4-6-16(21)11-15;/h4-6,11,17-18H,2-3,7-10,12-14H2,1H3,(H,23,27)(H2,22,24,25);1H. The Bertz CT molecular complexity index is 662. The maximum atomic E-state index is 11.3. The van der Waals surface area contributed by atoms with Gasteiger partial charge in [-0.1, -0.05) is 30.2 Å². The number of piperidine rings is 2. The number of amides is 1. The molecule has 6 nitrogen and oxygen atoms in total. The van der Waals surface area contributed by atoms with Crippen LogP contribution >= 0.6 is 35.6 Å². The summed E-state index contributed by atoms with van der Waals surface area (Å²) < 4.78 is 0. The van der Waals surface area contributed by atoms with Crippen molar-refractivity contribution in [3.63, 3.8) is 0 Å². The first kappa shape index (κ1) is 23.2. The zero-order valence-electron chi connectivity index (χ0n) is 16.4. The molecule has 2 aliphatic rings. The molecule has 2 aliphatic heterocycles. The van der Waals surface area contributed by atoms with Crippen LogP contribution in [-0.2, 0) is 11.3 Å². The van der Waals surface area contributed by atoms with E-state index in [9.17, 15) is 4.79 Å². The molecule has 8 heteroatoms. The molecule has 0 aromatic heterocycles. The second kappa shape index (κ2) is 11.8. The van der Waals surface area contributed by atoms with Crippen molar-refractivity contribution in [1.29, 1.82) is 0 Å². The molecule has 3 N–H and O–H groups in total. The van der Waals surface area contributed by atoms with Gasteiger partial charge in [0.2, 0.25) is 5.91 Å². The van der Waals surface area contributed by atoms with Crippen LogP contribution in [0.15, 0.2) is 29.3 Å². The number of guanidine groups is 1. The van der Waals surface area contributed by atoms with Crippen molar-refractivity contribution in [3.05, 3.63) is 34.9 Å². The van der Waals surface area contributed by atoms with Crippen molar-refractivity contribution in [1.82, 2.24) is 20.9 Å². The Morgan fingerprint density at radius 2 is 2.21 bits per heavy atom. The molecule has 0 aliphatic carbocycles. The van der Waals surface area contributed by atoms with Crippen LogP contribution in [0.5, 0.6) is 0 Å². The first-order valence-electron chi connectivity index (χ1n) is 9.86. The number of carbonyl (C=O) groups is 1. The van der Waals surface area contributed by atoms with Gasteiger partial charge in [0.05, 0.1) is 0 Å². The number of rotatable bonds is 5. The van der Waals surface area contributed by atoms with Crippen LogP contribution in [0.3, 0.4) is 0 Å². The summed E-state index contributed by atoms with van der Waals surface area (Å²) >= 11 is 6.14. The number of hydrogen-bond acceptors (Lipinski definition) is 3. The Morgan fingerprint density at radius 3 is 2.93 bits per heavy atom. The number of carbonyl (C=O) groups excluding carboxylic acids is 1. The van der Waals surface area contributed by atoms with Crippen LogP contribution in [0, 0.1) is 0 Å². The summed E-state index contributed by atoms with van der Waals surface area (Å²) in [5.74, 6) is 0.944. The lowest BCUT2D eigenvalue weighted by Gasteiger charge is -2.36. The molecule has 28 heavy (non-hydrogen) atoms. The molecule has 2 heterocycles. The van der Waals surface area contributed by atoms with Crippen molar-refractivity contribution in [2.75, 3.05) is 26.7 Å². The van der Waals surface area contributed by atoms with E-state index in [1.807, 2.05) is 12.1 Å². The smallest absolute Gasteiger partial charge is 0.220 e. The molecule has 2 unspecified atom stereocenters. The van der Waals surface area contributed by atoms with Crippen LogP contribution in [0.1, 0.15) is 37.7 Å². The Balaban J connectivity index is 0.00000280. The molecular formula is C20H31ClIN5O. The normalized spacial score (nSPS) is 23.5. The molecule has 3 rings (SSSR count). The van der Waals surface area contributed by atoms with Crippen molar-refractivity contribution < 1.29 is 4.79 Å². The van der Waals surface area contributed by atoms with Crippen molar-refractivity contribution in [2.24, 2.45) is 4.99 Å². The van der Waals surface area contributed by atoms with E-state index in [-0.39, 0.29) is 35.9 Å². The number of nitrogens with one attached hydrogen (secondary N) is 3. The molecule has 2 atom stereocenters. The quantitative estimate of drug-likeness (QED) is 0.318. The van der Waals surface area contributed by atoms with Crippen molar-refractivity contribution in [3.8, 4) is 0 Å². The molecule has 0 radical (unpaired) electrons. The highest BCUT2D eigenvalue weighted by Crippen LogP contribution is 2.20. The third-order valence-electron chi connectivity index (χ3n) is 5.36. The van der Waals surface area contributed by atoms with Gasteiger partial charge in [-0.25, -0.2) is 0 Å². The maximum Gasteiger partial charge on any atom is 0.220 e. The highest BCUT2D eigenvalue weighted by molar-refractivity contribution is 14.0. The number of hydrogen-bond donors (Lipinski definition) is 3. The third kappa shape index (κ3) is 7.08. The predicted molar refractivity (Wildman–Crippen MR) is 125 cm³/mol. The average molecular weight is 520 g/mol. The number of nitrogens with zero attached hydrogens (tertiary/aromatic N) is 2. The molecule has 2 saturated heterocycles. The summed E-state index contributed by atoms with van der Waals surface area (Å²) in [6.07, 6.45) is 5.11. The molecular weight excluding hydrogens is 489 g/mol. The second-order valence-corrected chi connectivity index (χ2v) is 7.82. The van der Waals surface area contributed by atoms with E-state index in [1.54, 1.807) is 7.05 Å². The number of halogens is 2. The second-order valence-electron chi connectivity index (χ2n) is 7.39. The van der Waals surface area contributed by atoms with Gasteiger partial charge in [0, 0.05) is 50.2 Å². The van der Waals surface area contributed by atoms with E-state index >= 15 is 0 Å². The lowest BCUT2D eigenvalue weighted by atomic mass is 10.0. The lowest BCUT2D eigenvalue weighted by Crippen LogP contribution is -2.53. The highest BCUT2D eigenvalue weighted by Gasteiger charge is 2.23. The third-order valence-corrected chi connectivity index (χ3v) is 5.59. The summed E-state index contributed by atoms with van der Waals surface area (Å²) in [7, 11) is 1.79. The van der Waals surface area contributed by atoms with Crippen LogP contribution in [0.4, 0.5) is 0 Å². The van der Waals surface area contributed by atoms with Crippen molar-refractivity contribution in [2.45, 2.75) is 50.7 Å². The Morgan fingerprint density at radius 1 is 1.36 bits per heavy atom. The average Bonchev–Trinajstić information content (AvgIpc) is 2.68. The van der Waals surface area contributed by atoms with Gasteiger partial charge in [0.1, 0.15) is 0 Å². The predicted octanol–water partition coefficient (Wildman–Crippen LogP) is 2.76. The fraction of sp³-hybridized carbons (Fsp3) is 0.600. The summed E-state index contributed by atoms with van der Waals surface area (Å²) in [6, 6.07) is 8.85. The molecule has 2 fully saturated rings. The minimum absolute atomic E-state index is 0. The van der Waals surface area contributed by atoms with E-state index in [0.29, 0.717) is 19.0 Å². The summed E-state index contributed by atoms with van der Waals surface area (Å²) in [5.41, 5.74) is 1.26. The van der Waals surface area contributed by atoms with Crippen LogP contribution in [0.2, 0.25) is 5.02 Å². The Hall–Kier alpha value is -1.06. The number of benzene rings is 1. The SMILES string of the molecule is CN=C(NCC1CCCCN1Cc1cccc(Cl)c1)NC1CCC(=O)NC1.I. The molecule has 1 aromatic rings. The summed E-state index contributed by atoms with van der Waals surface area (Å²) in [6.45, 7) is 3.55. The number of likely N-dealkylation sites (tertiary alicyclic amines) is 1. The monoisotopic (exact) mass is 519 g/mol. The zero-order valence-corrected chi connectivity index (χ0v) is 19.5. The van der Waals surface area contributed by atoms with Crippen LogP contribution in [-0.4, -0.2) is 55.5 Å². The van der Waals surface area contributed by atoms with E-state index in [1.165, 1.54) is 24.8 Å². The first-order chi connectivity index (χ1) is 13.1. The van der Waals surface area contributed by atoms with Gasteiger partial charge in [-0.2, -0.15) is 0 Å². The van der Waals surface area contributed by atoms with Gasteiger partial charge in [0.25, 0.3) is 0 Å². The molecule has 0 saturated carbocycles. The fourth-order valence-corrected chi connectivity index (χ4v) is 4.04. The van der Waals surface area contributed by atoms with Gasteiger partial charge in [-0.3, -0.25) is 14.7 Å². The maximum absolute atomic E-state index is 11.3. The van der Waals surface area contributed by atoms with E-state index in [4.69, 9.17) is 11.6 Å². The van der Waals surface area contributed by atoms with Crippen LogP contribution in [0.25, 0.3) is 0 Å². The van der Waals surface area contributed by atoms with E-state index in [0.717, 1.165) is 37.0 Å². The van der Waals surface area contributed by atoms with Gasteiger partial charge < -0.3 is 16.0 Å². The van der Waals surface area contributed by atoms with Crippen molar-refractivity contribution >= 4 is 47.4 Å². The highest BCUT2D eigenvalue weighted by atomic mass is 127. The fourth-order valence-electron chi connectivity index (χ4n) is 3.83. The van der Waals surface area contributed by atoms with Gasteiger partial charge in [-0.15, -0.1) is 24.0 Å². The molecule has 1 amide bonds. The summed E-state index contributed by atoms with van der Waals surface area (Å²) in [5, 5.41) is 10.6. The molecule has 0 bridgehead atoms. The summed E-state index contributed by atoms with van der Waals surface area (Å²) in [4.78, 5) is 18.2. The largest absolute Gasteiger partial charge is 0.355 e. The topological polar surface area (TPSA) is 68.8 Å². The molecule has 1 aromatic carbocycles. The van der Waals surface area contributed by atoms with Gasteiger partial charge >= 0.3 is 0 Å². The minimum Gasteiger partial charge on any atom is -0.355 e. The molecule has 156 valence electrons. The lowest BCUT2D eigenvalue weighted by molar-refractivity contribution is -0.122. The number of aliphatic imine (C=N–C) groups is 1. The Kier molecular flexibility index (Phi) is 9.81. The Labute approximate surface area is 189 Å². The van der Waals surface area contributed by atoms with E-state index < -0.39 is 0 Å². The zero-order chi connectivity index (χ0) is 19.1. The minimum atomic E-state index is 0. The van der Waals surface area contributed by atoms with Gasteiger partial charge in [-0.05, 0) is 43.5 Å².